The minimum absolute atomic E-state index is 0.167. The average molecular weight is 285 g/mol. The Balaban J connectivity index is 2.09. The Bertz CT molecular complexity index is 682. The normalized spacial score (nSPS) is 17.3. The maximum absolute atomic E-state index is 9.92. The van der Waals surface area contributed by atoms with Gasteiger partial charge in [0.1, 0.15) is 5.75 Å². The third-order valence-electron chi connectivity index (χ3n) is 4.10. The third-order valence-corrected chi connectivity index (χ3v) is 4.10. The van der Waals surface area contributed by atoms with Crippen molar-refractivity contribution in [1.29, 1.82) is 0 Å². The van der Waals surface area contributed by atoms with Gasteiger partial charge < -0.3 is 20.3 Å². The van der Waals surface area contributed by atoms with Crippen LogP contribution in [0.25, 0.3) is 0 Å². The van der Waals surface area contributed by atoms with Gasteiger partial charge in [-0.3, -0.25) is 0 Å². The largest absolute Gasteiger partial charge is 0.508 e. The number of aromatic hydroxyl groups is 2. The van der Waals surface area contributed by atoms with E-state index in [0.717, 1.165) is 35.3 Å². The van der Waals surface area contributed by atoms with Crippen LogP contribution in [0, 0.1) is 6.92 Å². The van der Waals surface area contributed by atoms with Crippen molar-refractivity contribution in [2.24, 2.45) is 0 Å². The highest BCUT2D eigenvalue weighted by molar-refractivity contribution is 5.52. The molecule has 0 aliphatic carbocycles. The van der Waals surface area contributed by atoms with Crippen LogP contribution < -0.4 is 10.1 Å². The summed E-state index contributed by atoms with van der Waals surface area (Å²) in [5.74, 6) is 1.16. The van der Waals surface area contributed by atoms with Gasteiger partial charge in [-0.1, -0.05) is 12.1 Å². The second-order valence-corrected chi connectivity index (χ2v) is 5.45. The van der Waals surface area contributed by atoms with Gasteiger partial charge in [-0.25, -0.2) is 0 Å². The molecule has 110 valence electrons. The van der Waals surface area contributed by atoms with Gasteiger partial charge in [0.05, 0.1) is 7.11 Å². The summed E-state index contributed by atoms with van der Waals surface area (Å²) in [6, 6.07) is 9.37. The van der Waals surface area contributed by atoms with E-state index in [1.165, 1.54) is 0 Å². The van der Waals surface area contributed by atoms with Crippen molar-refractivity contribution < 1.29 is 14.9 Å². The molecule has 1 aliphatic rings. The van der Waals surface area contributed by atoms with Crippen molar-refractivity contribution in [3.05, 3.63) is 52.6 Å². The lowest BCUT2D eigenvalue weighted by atomic mass is 9.84. The van der Waals surface area contributed by atoms with Gasteiger partial charge in [0.25, 0.3) is 0 Å². The van der Waals surface area contributed by atoms with Gasteiger partial charge >= 0.3 is 0 Å². The van der Waals surface area contributed by atoms with E-state index in [-0.39, 0.29) is 11.7 Å². The molecule has 1 aliphatic heterocycles. The van der Waals surface area contributed by atoms with E-state index in [1.807, 2.05) is 25.1 Å². The van der Waals surface area contributed by atoms with Gasteiger partial charge in [-0.2, -0.15) is 0 Å². The van der Waals surface area contributed by atoms with E-state index in [4.69, 9.17) is 4.74 Å². The minimum atomic E-state index is 0.167. The molecule has 3 N–H and O–H groups in total. The first kappa shape index (κ1) is 13.8. The lowest BCUT2D eigenvalue weighted by molar-refractivity contribution is 0.371. The predicted molar refractivity (Wildman–Crippen MR) is 81.1 cm³/mol. The van der Waals surface area contributed by atoms with Crippen molar-refractivity contribution in [3.63, 3.8) is 0 Å². The number of phenolic OH excluding ortho intramolecular Hbond substituents is 2. The Hall–Kier alpha value is -2.20. The summed E-state index contributed by atoms with van der Waals surface area (Å²) >= 11 is 0. The standard InChI is InChI=1S/C17H19NO3/c1-10-5-11(3-4-15(10)19)14-9-18-8-12-6-16(20)17(21-2)7-13(12)14/h3-7,14,18-20H,8-9H2,1-2H3/t14-/m1/s1. The Morgan fingerprint density at radius 1 is 1.14 bits per heavy atom. The van der Waals surface area contributed by atoms with E-state index in [1.54, 1.807) is 19.2 Å². The Kier molecular flexibility index (Phi) is 3.47. The van der Waals surface area contributed by atoms with Crippen LogP contribution in [0.5, 0.6) is 17.2 Å². The number of fused-ring (bicyclic) bond motifs is 1. The molecule has 1 heterocycles. The quantitative estimate of drug-likeness (QED) is 0.794. The first-order valence-electron chi connectivity index (χ1n) is 7.00. The summed E-state index contributed by atoms with van der Waals surface area (Å²) in [4.78, 5) is 0. The van der Waals surface area contributed by atoms with Crippen molar-refractivity contribution in [2.45, 2.75) is 19.4 Å². The van der Waals surface area contributed by atoms with Gasteiger partial charge in [-0.05, 0) is 47.4 Å². The number of hydrogen-bond acceptors (Lipinski definition) is 4. The molecule has 21 heavy (non-hydrogen) atoms. The molecular weight excluding hydrogens is 266 g/mol. The van der Waals surface area contributed by atoms with E-state index in [0.29, 0.717) is 11.5 Å². The minimum Gasteiger partial charge on any atom is -0.508 e. The van der Waals surface area contributed by atoms with Crippen molar-refractivity contribution >= 4 is 0 Å². The van der Waals surface area contributed by atoms with Crippen LogP contribution >= 0.6 is 0 Å². The molecule has 0 aromatic heterocycles. The first-order chi connectivity index (χ1) is 10.1. The van der Waals surface area contributed by atoms with Crippen molar-refractivity contribution in [1.82, 2.24) is 5.32 Å². The second kappa shape index (κ2) is 5.30. The predicted octanol–water partition coefficient (Wildman–Crippen LogP) is 2.65. The van der Waals surface area contributed by atoms with Crippen LogP contribution in [0.1, 0.15) is 28.2 Å². The summed E-state index contributed by atoms with van der Waals surface area (Å²) in [5.41, 5.74) is 4.25. The molecule has 0 unspecified atom stereocenters. The average Bonchev–Trinajstić information content (AvgIpc) is 2.48. The smallest absolute Gasteiger partial charge is 0.160 e. The van der Waals surface area contributed by atoms with E-state index in [9.17, 15) is 10.2 Å². The first-order valence-corrected chi connectivity index (χ1v) is 7.00. The Morgan fingerprint density at radius 2 is 1.95 bits per heavy atom. The van der Waals surface area contributed by atoms with Gasteiger partial charge in [0.15, 0.2) is 11.5 Å². The molecule has 4 heteroatoms. The second-order valence-electron chi connectivity index (χ2n) is 5.45. The lowest BCUT2D eigenvalue weighted by Gasteiger charge is -2.28. The highest BCUT2D eigenvalue weighted by Crippen LogP contribution is 2.38. The van der Waals surface area contributed by atoms with Crippen molar-refractivity contribution in [3.8, 4) is 17.2 Å². The summed E-state index contributed by atoms with van der Waals surface area (Å²) in [6.45, 7) is 3.46. The fourth-order valence-corrected chi connectivity index (χ4v) is 2.92. The summed E-state index contributed by atoms with van der Waals surface area (Å²) in [7, 11) is 1.56. The lowest BCUT2D eigenvalue weighted by Crippen LogP contribution is -2.28. The number of hydrogen-bond donors (Lipinski definition) is 3. The molecule has 4 nitrogen and oxygen atoms in total. The molecule has 0 amide bonds. The number of ether oxygens (including phenoxy) is 1. The van der Waals surface area contributed by atoms with Crippen LogP contribution in [-0.2, 0) is 6.54 Å². The van der Waals surface area contributed by atoms with Gasteiger partial charge in [0.2, 0.25) is 0 Å². The zero-order valence-electron chi connectivity index (χ0n) is 12.2. The third kappa shape index (κ3) is 2.43. The maximum atomic E-state index is 9.92. The highest BCUT2D eigenvalue weighted by atomic mass is 16.5. The van der Waals surface area contributed by atoms with Crippen LogP contribution in [0.15, 0.2) is 30.3 Å². The van der Waals surface area contributed by atoms with Gasteiger partial charge in [0, 0.05) is 19.0 Å². The molecule has 0 bridgehead atoms. The number of phenols is 2. The number of nitrogens with one attached hydrogen (secondary N) is 1. The molecule has 2 aromatic rings. The summed E-state index contributed by atoms with van der Waals surface area (Å²) in [6.07, 6.45) is 0. The molecule has 2 aromatic carbocycles. The topological polar surface area (TPSA) is 61.7 Å². The summed E-state index contributed by atoms with van der Waals surface area (Å²) in [5, 5.41) is 23.0. The highest BCUT2D eigenvalue weighted by Gasteiger charge is 2.24. The number of rotatable bonds is 2. The number of benzene rings is 2. The van der Waals surface area contributed by atoms with E-state index in [2.05, 4.69) is 5.32 Å². The molecule has 0 saturated carbocycles. The zero-order chi connectivity index (χ0) is 15.0. The molecule has 0 radical (unpaired) electrons. The number of methoxy groups -OCH3 is 1. The fraction of sp³-hybridized carbons (Fsp3) is 0.294. The molecular formula is C17H19NO3. The monoisotopic (exact) mass is 285 g/mol. The van der Waals surface area contributed by atoms with Crippen LogP contribution in [0.3, 0.4) is 0 Å². The fourth-order valence-electron chi connectivity index (χ4n) is 2.92. The summed E-state index contributed by atoms with van der Waals surface area (Å²) < 4.78 is 5.23. The maximum Gasteiger partial charge on any atom is 0.160 e. The van der Waals surface area contributed by atoms with Crippen molar-refractivity contribution in [2.75, 3.05) is 13.7 Å². The van der Waals surface area contributed by atoms with Crippen LogP contribution in [-0.4, -0.2) is 23.9 Å². The molecule has 0 saturated heterocycles. The van der Waals surface area contributed by atoms with E-state index >= 15 is 0 Å². The molecule has 0 fully saturated rings. The Labute approximate surface area is 124 Å². The van der Waals surface area contributed by atoms with Gasteiger partial charge in [-0.15, -0.1) is 0 Å². The zero-order valence-corrected chi connectivity index (χ0v) is 12.2. The van der Waals surface area contributed by atoms with Crippen LogP contribution in [0.4, 0.5) is 0 Å². The SMILES string of the molecule is COc1cc2c(cc1O)CNC[C@@H]2c1ccc(O)c(C)c1. The van der Waals surface area contributed by atoms with Crippen LogP contribution in [0.2, 0.25) is 0 Å². The molecule has 0 spiro atoms. The molecule has 1 atom stereocenters. The van der Waals surface area contributed by atoms with E-state index < -0.39 is 0 Å². The Morgan fingerprint density at radius 3 is 2.67 bits per heavy atom. The molecule has 3 rings (SSSR count). The number of aryl methyl sites for hydroxylation is 1.